The first-order valence-corrected chi connectivity index (χ1v) is 9.71. The van der Waals surface area contributed by atoms with Crippen LogP contribution in [0.1, 0.15) is 35.6 Å². The number of pyridine rings is 1. The summed E-state index contributed by atoms with van der Waals surface area (Å²) in [5, 5.41) is 5.29. The molecule has 0 atom stereocenters. The van der Waals surface area contributed by atoms with Crippen LogP contribution in [-0.2, 0) is 0 Å². The van der Waals surface area contributed by atoms with Crippen LogP contribution in [0.25, 0.3) is 39.5 Å². The highest BCUT2D eigenvalue weighted by molar-refractivity contribution is 5.95. The van der Waals surface area contributed by atoms with Crippen molar-refractivity contribution in [3.8, 4) is 23.0 Å². The zero-order chi connectivity index (χ0) is 19.5. The van der Waals surface area contributed by atoms with Crippen molar-refractivity contribution in [2.24, 2.45) is 0 Å². The molecule has 0 bridgehead atoms. The van der Waals surface area contributed by atoms with Crippen LogP contribution in [0.15, 0.2) is 47.5 Å². The maximum atomic E-state index is 5.72. The summed E-state index contributed by atoms with van der Waals surface area (Å²) >= 11 is 0. The Hall–Kier alpha value is -3.61. The predicted octanol–water partition coefficient (Wildman–Crippen LogP) is 4.49. The van der Waals surface area contributed by atoms with Gasteiger partial charge in [0.05, 0.1) is 23.5 Å². The second-order valence-electron chi connectivity index (χ2n) is 7.72. The summed E-state index contributed by atoms with van der Waals surface area (Å²) in [4.78, 5) is 18.1. The average molecular weight is 382 g/mol. The van der Waals surface area contributed by atoms with Crippen LogP contribution in [0.2, 0.25) is 0 Å². The lowest BCUT2D eigenvalue weighted by molar-refractivity contribution is 0.432. The Kier molecular flexibility index (Phi) is 3.35. The molecule has 0 unspecified atom stereocenters. The number of aromatic nitrogens is 6. The summed E-state index contributed by atoms with van der Waals surface area (Å²) in [6, 6.07) is 6.43. The Morgan fingerprint density at radius 3 is 2.83 bits per heavy atom. The van der Waals surface area contributed by atoms with Crippen LogP contribution in [-0.4, -0.2) is 29.5 Å². The number of rotatable bonds is 3. The Balaban J connectivity index is 1.55. The lowest BCUT2D eigenvalue weighted by Crippen LogP contribution is -1.95. The third kappa shape index (κ3) is 2.61. The lowest BCUT2D eigenvalue weighted by Gasteiger charge is -2.10. The second-order valence-corrected chi connectivity index (χ2v) is 7.72. The minimum Gasteiger partial charge on any atom is -0.334 e. The summed E-state index contributed by atoms with van der Waals surface area (Å²) in [7, 11) is 0. The molecular weight excluding hydrogens is 364 g/mol. The Labute approximate surface area is 166 Å². The zero-order valence-corrected chi connectivity index (χ0v) is 16.1. The summed E-state index contributed by atoms with van der Waals surface area (Å²) in [6.07, 6.45) is 9.37. The molecular formula is C22H18N6O. The second kappa shape index (κ2) is 5.94. The molecule has 142 valence electrons. The van der Waals surface area contributed by atoms with E-state index in [9.17, 15) is 0 Å². The Morgan fingerprint density at radius 1 is 1.07 bits per heavy atom. The Morgan fingerprint density at radius 2 is 1.97 bits per heavy atom. The normalized spacial score (nSPS) is 14.1. The first-order valence-electron chi connectivity index (χ1n) is 9.71. The molecule has 0 saturated heterocycles. The van der Waals surface area contributed by atoms with E-state index in [1.54, 1.807) is 18.6 Å². The number of hydrogen-bond acceptors (Lipinski definition) is 6. The largest absolute Gasteiger partial charge is 0.334 e. The third-order valence-corrected chi connectivity index (χ3v) is 5.47. The fourth-order valence-electron chi connectivity index (χ4n) is 3.91. The highest BCUT2D eigenvalue weighted by atomic mass is 16.5. The van der Waals surface area contributed by atoms with E-state index in [0.717, 1.165) is 39.1 Å². The van der Waals surface area contributed by atoms with Crippen molar-refractivity contribution < 1.29 is 4.52 Å². The van der Waals surface area contributed by atoms with Crippen molar-refractivity contribution in [3.63, 3.8) is 0 Å². The van der Waals surface area contributed by atoms with Gasteiger partial charge in [0, 0.05) is 29.4 Å². The maximum absolute atomic E-state index is 5.72. The van der Waals surface area contributed by atoms with Crippen LogP contribution in [0, 0.1) is 13.8 Å². The van der Waals surface area contributed by atoms with Gasteiger partial charge in [-0.2, -0.15) is 4.98 Å². The van der Waals surface area contributed by atoms with Crippen LogP contribution < -0.4 is 0 Å². The topological polar surface area (TPSA) is 82.0 Å². The van der Waals surface area contributed by atoms with Gasteiger partial charge in [0.2, 0.25) is 5.82 Å². The van der Waals surface area contributed by atoms with E-state index in [2.05, 4.69) is 47.2 Å². The van der Waals surface area contributed by atoms with E-state index in [0.29, 0.717) is 17.6 Å². The molecule has 5 aromatic rings. The molecule has 29 heavy (non-hydrogen) atoms. The molecule has 0 aliphatic heterocycles. The number of aryl methyl sites for hydroxylation is 2. The van der Waals surface area contributed by atoms with Gasteiger partial charge < -0.3 is 4.52 Å². The monoisotopic (exact) mass is 382 g/mol. The van der Waals surface area contributed by atoms with Crippen molar-refractivity contribution in [1.29, 1.82) is 0 Å². The maximum Gasteiger partial charge on any atom is 0.259 e. The van der Waals surface area contributed by atoms with Gasteiger partial charge >= 0.3 is 0 Å². The fraction of sp³-hybridized carbons (Fsp3) is 0.227. The molecule has 7 heteroatoms. The van der Waals surface area contributed by atoms with E-state index in [1.807, 2.05) is 10.6 Å². The van der Waals surface area contributed by atoms with Gasteiger partial charge in [-0.05, 0) is 44.4 Å². The first kappa shape index (κ1) is 16.4. The van der Waals surface area contributed by atoms with Crippen LogP contribution in [0.5, 0.6) is 0 Å². The molecule has 6 rings (SSSR count). The van der Waals surface area contributed by atoms with Gasteiger partial charge in [0.25, 0.3) is 5.89 Å². The molecule has 1 aromatic carbocycles. The molecule has 1 aliphatic carbocycles. The molecule has 0 N–H and O–H groups in total. The average Bonchev–Trinajstić information content (AvgIpc) is 3.30. The molecule has 0 spiro atoms. The summed E-state index contributed by atoms with van der Waals surface area (Å²) in [6.45, 7) is 4.20. The van der Waals surface area contributed by atoms with E-state index >= 15 is 0 Å². The van der Waals surface area contributed by atoms with Crippen molar-refractivity contribution in [2.45, 2.75) is 32.6 Å². The predicted molar refractivity (Wildman–Crippen MR) is 108 cm³/mol. The van der Waals surface area contributed by atoms with E-state index in [-0.39, 0.29) is 0 Å². The van der Waals surface area contributed by atoms with Crippen LogP contribution in [0.4, 0.5) is 0 Å². The molecule has 4 aromatic heterocycles. The van der Waals surface area contributed by atoms with Crippen molar-refractivity contribution in [2.75, 3.05) is 0 Å². The summed E-state index contributed by atoms with van der Waals surface area (Å²) in [5.41, 5.74) is 6.92. The van der Waals surface area contributed by atoms with E-state index < -0.39 is 0 Å². The quantitative estimate of drug-likeness (QED) is 0.457. The van der Waals surface area contributed by atoms with Gasteiger partial charge in [-0.15, -0.1) is 0 Å². The van der Waals surface area contributed by atoms with Gasteiger partial charge in [-0.1, -0.05) is 16.8 Å². The number of nitrogens with zero attached hydrogens (tertiary/aromatic N) is 6. The zero-order valence-electron chi connectivity index (χ0n) is 16.1. The molecule has 0 amide bonds. The summed E-state index contributed by atoms with van der Waals surface area (Å²) in [5.74, 6) is 1.54. The molecule has 4 heterocycles. The minimum atomic E-state index is 0.501. The first-order chi connectivity index (χ1) is 14.2. The van der Waals surface area contributed by atoms with E-state index in [1.165, 1.54) is 18.4 Å². The van der Waals surface area contributed by atoms with Gasteiger partial charge in [-0.25, -0.2) is 4.98 Å². The minimum absolute atomic E-state index is 0.501. The molecule has 0 radical (unpaired) electrons. The fourth-order valence-corrected chi connectivity index (χ4v) is 3.91. The lowest BCUT2D eigenvalue weighted by atomic mass is 10.0. The summed E-state index contributed by atoms with van der Waals surface area (Å²) < 4.78 is 7.62. The number of hydrogen-bond donors (Lipinski definition) is 0. The van der Waals surface area contributed by atoms with Crippen molar-refractivity contribution >= 4 is 16.6 Å². The highest BCUT2D eigenvalue weighted by Gasteiger charge is 2.27. The number of imidazole rings is 1. The molecule has 1 saturated carbocycles. The smallest absolute Gasteiger partial charge is 0.259 e. The Bertz CT molecular complexity index is 1400. The van der Waals surface area contributed by atoms with Gasteiger partial charge in [-0.3, -0.25) is 14.4 Å². The van der Waals surface area contributed by atoms with Crippen molar-refractivity contribution in [1.82, 2.24) is 29.5 Å². The molecule has 1 fully saturated rings. The standard InChI is InChI=1S/C22H18N6O/c1-12-7-13(2)20-15(8-12)16(9-17(25-20)14-3-4-14)22-26-21(27-29-22)18-10-24-19-11-23-5-6-28(18)19/h5-11,14H,3-4H2,1-2H3. The number of benzene rings is 1. The van der Waals surface area contributed by atoms with Crippen LogP contribution >= 0.6 is 0 Å². The highest BCUT2D eigenvalue weighted by Crippen LogP contribution is 2.42. The third-order valence-electron chi connectivity index (χ3n) is 5.47. The van der Waals surface area contributed by atoms with Gasteiger partial charge in [0.15, 0.2) is 5.65 Å². The van der Waals surface area contributed by atoms with Crippen molar-refractivity contribution in [3.05, 3.63) is 59.8 Å². The van der Waals surface area contributed by atoms with Gasteiger partial charge in [0.1, 0.15) is 5.69 Å². The van der Waals surface area contributed by atoms with Crippen LogP contribution in [0.3, 0.4) is 0 Å². The number of fused-ring (bicyclic) bond motifs is 2. The SMILES string of the molecule is Cc1cc(C)c2nc(C3CC3)cc(-c3nc(-c4cnc5cnccn45)no3)c2c1. The molecule has 7 nitrogen and oxygen atoms in total. The van der Waals surface area contributed by atoms with E-state index in [4.69, 9.17) is 14.5 Å². The molecule has 1 aliphatic rings.